The quantitative estimate of drug-likeness (QED) is 0.413. The number of H-pyrrole nitrogens is 1. The average Bonchev–Trinajstić information content (AvgIpc) is 3.18. The van der Waals surface area contributed by atoms with Crippen molar-refractivity contribution < 1.29 is 13.2 Å². The highest BCUT2D eigenvalue weighted by atomic mass is 32.2. The first-order valence-corrected chi connectivity index (χ1v) is 11.5. The van der Waals surface area contributed by atoms with E-state index in [4.69, 9.17) is 12.2 Å². The molecule has 0 bridgehead atoms. The van der Waals surface area contributed by atoms with Gasteiger partial charge in [-0.2, -0.15) is 0 Å². The van der Waals surface area contributed by atoms with Gasteiger partial charge in [-0.1, -0.05) is 6.08 Å². The maximum atomic E-state index is 12.5. The lowest BCUT2D eigenvalue weighted by Crippen LogP contribution is -2.24. The molecule has 158 valence electrons. The van der Waals surface area contributed by atoms with Gasteiger partial charge >= 0.3 is 0 Å². The zero-order valence-corrected chi connectivity index (χ0v) is 18.8. The Morgan fingerprint density at radius 2 is 2.07 bits per heavy atom. The minimum atomic E-state index is -3.50. The number of aromatic nitrogens is 2. The number of hydrogen-bond donors (Lipinski definition) is 2. The van der Waals surface area contributed by atoms with Gasteiger partial charge in [0.25, 0.3) is 21.5 Å². The summed E-state index contributed by atoms with van der Waals surface area (Å²) in [5.41, 5.74) is 0.564. The Kier molecular flexibility index (Phi) is 6.36. The summed E-state index contributed by atoms with van der Waals surface area (Å²) in [5.74, 6) is -0.350. The predicted molar refractivity (Wildman–Crippen MR) is 120 cm³/mol. The lowest BCUT2D eigenvalue weighted by Gasteiger charge is -2.09. The fourth-order valence-corrected chi connectivity index (χ4v) is 5.46. The zero-order chi connectivity index (χ0) is 22.1. The second-order valence-corrected chi connectivity index (χ2v) is 10.5. The van der Waals surface area contributed by atoms with E-state index in [-0.39, 0.29) is 27.0 Å². The van der Waals surface area contributed by atoms with Gasteiger partial charge in [-0.15, -0.1) is 17.9 Å². The van der Waals surface area contributed by atoms with Crippen molar-refractivity contribution in [2.75, 3.05) is 14.1 Å². The number of nitrogens with one attached hydrogen (secondary N) is 2. The third kappa shape index (κ3) is 4.29. The van der Waals surface area contributed by atoms with Gasteiger partial charge in [-0.25, -0.2) is 12.7 Å². The molecule has 0 unspecified atom stereocenters. The zero-order valence-electron chi connectivity index (χ0n) is 16.3. The molecule has 2 N–H and O–H groups in total. The first kappa shape index (κ1) is 22.1. The summed E-state index contributed by atoms with van der Waals surface area (Å²) >= 11 is 6.32. The molecule has 0 saturated carbocycles. The second kappa shape index (κ2) is 8.64. The molecule has 3 aromatic rings. The van der Waals surface area contributed by atoms with Crippen LogP contribution in [0.15, 0.2) is 52.0 Å². The number of hydrogen-bond acceptors (Lipinski definition) is 6. The first-order valence-electron chi connectivity index (χ1n) is 8.82. The number of nitrogens with zero attached hydrogens (tertiary/aromatic N) is 2. The van der Waals surface area contributed by atoms with Crippen molar-refractivity contribution in [2.45, 2.75) is 17.3 Å². The third-order valence-corrected chi connectivity index (χ3v) is 8.04. The lowest BCUT2D eigenvalue weighted by molar-refractivity contribution is 0.0951. The van der Waals surface area contributed by atoms with Crippen LogP contribution in [0.5, 0.6) is 0 Å². The van der Waals surface area contributed by atoms with E-state index < -0.39 is 10.0 Å². The lowest BCUT2D eigenvalue weighted by atomic mass is 10.1. The van der Waals surface area contributed by atoms with Crippen LogP contribution in [-0.4, -0.2) is 42.3 Å². The van der Waals surface area contributed by atoms with E-state index in [2.05, 4.69) is 16.9 Å². The summed E-state index contributed by atoms with van der Waals surface area (Å²) < 4.78 is 27.3. The van der Waals surface area contributed by atoms with E-state index in [1.165, 1.54) is 24.7 Å². The molecule has 11 heteroatoms. The molecule has 30 heavy (non-hydrogen) atoms. The van der Waals surface area contributed by atoms with Gasteiger partial charge in [0.1, 0.15) is 4.21 Å². The highest BCUT2D eigenvalue weighted by Crippen LogP contribution is 2.23. The number of benzene rings is 1. The Morgan fingerprint density at radius 1 is 1.33 bits per heavy atom. The fraction of sp³-hybridized carbons (Fsp3) is 0.211. The number of allylic oxidation sites excluding steroid dienone is 1. The average molecular weight is 465 g/mol. The Bertz CT molecular complexity index is 1350. The molecule has 0 aliphatic carbocycles. The molecule has 0 saturated heterocycles. The summed E-state index contributed by atoms with van der Waals surface area (Å²) in [6, 6.07) is 7.89. The van der Waals surface area contributed by atoms with Crippen molar-refractivity contribution in [3.63, 3.8) is 0 Å². The van der Waals surface area contributed by atoms with Crippen molar-refractivity contribution in [2.24, 2.45) is 0 Å². The van der Waals surface area contributed by atoms with Crippen molar-refractivity contribution in [3.8, 4) is 0 Å². The van der Waals surface area contributed by atoms with Crippen LogP contribution in [0.4, 0.5) is 0 Å². The van der Waals surface area contributed by atoms with Gasteiger partial charge in [-0.05, 0) is 42.5 Å². The van der Waals surface area contributed by atoms with Crippen molar-refractivity contribution >= 4 is 50.4 Å². The molecule has 2 aromatic heterocycles. The van der Waals surface area contributed by atoms with Crippen molar-refractivity contribution in [1.82, 2.24) is 19.2 Å². The molecule has 0 spiro atoms. The summed E-state index contributed by atoms with van der Waals surface area (Å²) in [7, 11) is -0.568. The number of thiophene rings is 1. The number of sulfonamides is 1. The number of carbonyl (C=O) groups excluding carboxylic acids is 1. The van der Waals surface area contributed by atoms with E-state index in [9.17, 15) is 18.0 Å². The molecule has 1 aromatic carbocycles. The summed E-state index contributed by atoms with van der Waals surface area (Å²) in [4.78, 5) is 28.8. The Hall–Kier alpha value is -2.60. The Balaban J connectivity index is 1.80. The summed E-state index contributed by atoms with van der Waals surface area (Å²) in [6.07, 6.45) is 1.58. The van der Waals surface area contributed by atoms with Gasteiger partial charge in [-0.3, -0.25) is 14.2 Å². The van der Waals surface area contributed by atoms with Crippen LogP contribution in [0, 0.1) is 4.77 Å². The molecule has 8 nitrogen and oxygen atoms in total. The SMILES string of the molecule is C=CCn1c(=S)[nH]c2cc(C(=O)NCc3ccc(S(=O)(=O)N(C)C)s3)ccc2c1=O. The highest BCUT2D eigenvalue weighted by Gasteiger charge is 2.19. The molecule has 3 rings (SSSR count). The number of aromatic amines is 1. The van der Waals surface area contributed by atoms with Crippen LogP contribution in [0.25, 0.3) is 10.9 Å². The molecule has 0 atom stereocenters. The Morgan fingerprint density at radius 3 is 2.73 bits per heavy atom. The molecule has 0 aliphatic heterocycles. The van der Waals surface area contributed by atoms with Crippen LogP contribution in [0.3, 0.4) is 0 Å². The topological polar surface area (TPSA) is 104 Å². The van der Waals surface area contributed by atoms with Gasteiger partial charge in [0.2, 0.25) is 0 Å². The van der Waals surface area contributed by atoms with Crippen molar-refractivity contribution in [3.05, 3.63) is 68.6 Å². The number of carbonyl (C=O) groups is 1. The first-order chi connectivity index (χ1) is 14.1. The molecular formula is C19H20N4O4S3. The number of fused-ring (bicyclic) bond motifs is 1. The monoisotopic (exact) mass is 464 g/mol. The molecule has 0 radical (unpaired) electrons. The standard InChI is InChI=1S/C19H20N4O4S3/c1-4-9-23-18(25)14-7-5-12(10-15(14)21-19(23)28)17(24)20-11-13-6-8-16(29-13)30(26,27)22(2)3/h4-8,10H,1,9,11H2,2-3H3,(H,20,24)(H,21,28). The molecule has 0 aliphatic rings. The van der Waals surface area contributed by atoms with E-state index >= 15 is 0 Å². The third-order valence-electron chi connectivity index (χ3n) is 4.35. The van der Waals surface area contributed by atoms with Crippen LogP contribution < -0.4 is 10.9 Å². The van der Waals surface area contributed by atoms with E-state index in [1.807, 2.05) is 0 Å². The van der Waals surface area contributed by atoms with Gasteiger partial charge in [0, 0.05) is 31.1 Å². The largest absolute Gasteiger partial charge is 0.347 e. The van der Waals surface area contributed by atoms with Crippen LogP contribution in [0.2, 0.25) is 0 Å². The van der Waals surface area contributed by atoms with Gasteiger partial charge in [0.05, 0.1) is 17.4 Å². The summed E-state index contributed by atoms with van der Waals surface area (Å²) in [5, 5.41) is 3.18. The molecular weight excluding hydrogens is 444 g/mol. The Labute approximate surface area is 182 Å². The second-order valence-electron chi connectivity index (χ2n) is 6.59. The fourth-order valence-electron chi connectivity index (χ4n) is 2.73. The molecule has 1 amide bonds. The van der Waals surface area contributed by atoms with Gasteiger partial charge in [0.15, 0.2) is 4.77 Å². The minimum Gasteiger partial charge on any atom is -0.347 e. The summed E-state index contributed by atoms with van der Waals surface area (Å²) in [6.45, 7) is 4.09. The van der Waals surface area contributed by atoms with Crippen LogP contribution in [-0.2, 0) is 23.1 Å². The van der Waals surface area contributed by atoms with Crippen molar-refractivity contribution in [1.29, 1.82) is 0 Å². The van der Waals surface area contributed by atoms with E-state index in [0.29, 0.717) is 27.9 Å². The molecule has 0 fully saturated rings. The molecule has 2 heterocycles. The van der Waals surface area contributed by atoms with Gasteiger partial charge < -0.3 is 10.3 Å². The minimum absolute atomic E-state index is 0.182. The van der Waals surface area contributed by atoms with E-state index in [1.54, 1.807) is 30.3 Å². The van der Waals surface area contributed by atoms with Crippen LogP contribution in [0.1, 0.15) is 15.2 Å². The predicted octanol–water partition coefficient (Wildman–Crippen LogP) is 2.49. The van der Waals surface area contributed by atoms with E-state index in [0.717, 1.165) is 15.6 Å². The number of amides is 1. The van der Waals surface area contributed by atoms with Crippen LogP contribution >= 0.6 is 23.6 Å². The maximum Gasteiger partial charge on any atom is 0.262 e. The maximum absolute atomic E-state index is 12.5. The highest BCUT2D eigenvalue weighted by molar-refractivity contribution is 7.91. The number of rotatable bonds is 7. The smallest absolute Gasteiger partial charge is 0.262 e. The normalized spacial score (nSPS) is 11.7.